The zero-order valence-electron chi connectivity index (χ0n) is 27.3. The van der Waals surface area contributed by atoms with Crippen LogP contribution in [0.4, 0.5) is 0 Å². The predicted molar refractivity (Wildman–Crippen MR) is 179 cm³/mol. The van der Waals surface area contributed by atoms with Gasteiger partial charge < -0.3 is 5.48 Å². The molecule has 1 nitrogen and oxygen atoms in total. The molecule has 38 heavy (non-hydrogen) atoms. The van der Waals surface area contributed by atoms with Gasteiger partial charge in [0.05, 0.1) is 0 Å². The minimum atomic E-state index is -1.09. The van der Waals surface area contributed by atoms with Crippen LogP contribution in [-0.2, 0) is 0 Å². The van der Waals surface area contributed by atoms with E-state index in [4.69, 9.17) is 0 Å². The van der Waals surface area contributed by atoms with E-state index >= 15 is 0 Å². The van der Waals surface area contributed by atoms with E-state index in [0.29, 0.717) is 0 Å². The van der Waals surface area contributed by atoms with E-state index in [1.807, 2.05) is 0 Å². The summed E-state index contributed by atoms with van der Waals surface area (Å²) in [5.41, 5.74) is 0. The van der Waals surface area contributed by atoms with Crippen LogP contribution in [0.15, 0.2) is 0 Å². The average Bonchev–Trinajstić information content (AvgIpc) is 2.91. The molecule has 0 bridgehead atoms. The van der Waals surface area contributed by atoms with Gasteiger partial charge in [0.1, 0.15) is 0 Å². The Kier molecular flexibility index (Phi) is 40.6. The zero-order valence-corrected chi connectivity index (χ0v) is 30.2. The van der Waals surface area contributed by atoms with Crippen molar-refractivity contribution in [3.8, 4) is 0 Å². The minimum absolute atomic E-state index is 0. The van der Waals surface area contributed by atoms with Crippen molar-refractivity contribution in [3.05, 3.63) is 0 Å². The van der Waals surface area contributed by atoms with E-state index in [1.165, 1.54) is 154 Å². The fourth-order valence-electron chi connectivity index (χ4n) is 5.96. The van der Waals surface area contributed by atoms with Crippen molar-refractivity contribution in [1.29, 1.82) is 0 Å². The van der Waals surface area contributed by atoms with Crippen molar-refractivity contribution in [1.82, 2.24) is 0 Å². The first-order chi connectivity index (χ1) is 18.3. The van der Waals surface area contributed by atoms with Gasteiger partial charge in [-0.05, 0) is 0 Å². The summed E-state index contributed by atoms with van der Waals surface area (Å²) >= 11 is -1.09. The molecule has 1 radical (unpaired) electrons. The Hall–Kier alpha value is 0.759. The molecular formula is C36H77OSn. The summed E-state index contributed by atoms with van der Waals surface area (Å²) in [7, 11) is 0. The first-order valence-corrected chi connectivity index (χ1v) is 24.2. The second kappa shape index (κ2) is 37.8. The van der Waals surface area contributed by atoms with E-state index in [9.17, 15) is 0 Å². The van der Waals surface area contributed by atoms with Gasteiger partial charge in [0.2, 0.25) is 0 Å². The molecule has 0 aliphatic heterocycles. The van der Waals surface area contributed by atoms with Gasteiger partial charge in [0, 0.05) is 0 Å². The van der Waals surface area contributed by atoms with Gasteiger partial charge in [0.25, 0.3) is 0 Å². The molecule has 0 heterocycles. The molecule has 0 aromatic rings. The summed E-state index contributed by atoms with van der Waals surface area (Å²) in [6.45, 7) is 6.97. The van der Waals surface area contributed by atoms with E-state index in [1.54, 1.807) is 51.8 Å². The molecule has 0 aromatic carbocycles. The summed E-state index contributed by atoms with van der Waals surface area (Å²) in [6, 6.07) is 0. The normalized spacial score (nSPS) is 11.4. The molecule has 0 fully saturated rings. The van der Waals surface area contributed by atoms with Gasteiger partial charge in [-0.15, -0.1) is 0 Å². The Bertz CT molecular complexity index is 328. The molecule has 0 unspecified atom stereocenters. The third-order valence-electron chi connectivity index (χ3n) is 8.65. The van der Waals surface area contributed by atoms with Crippen LogP contribution >= 0.6 is 0 Å². The van der Waals surface area contributed by atoms with Crippen LogP contribution in [0.25, 0.3) is 0 Å². The Morgan fingerprint density at radius 3 is 0.579 bits per heavy atom. The average molecular weight is 645 g/mol. The molecule has 0 saturated heterocycles. The second-order valence-corrected chi connectivity index (χ2v) is 21.1. The van der Waals surface area contributed by atoms with Crippen molar-refractivity contribution in [2.75, 3.05) is 0 Å². The quantitative estimate of drug-likeness (QED) is 0.0503. The van der Waals surface area contributed by atoms with Gasteiger partial charge >= 0.3 is 246 Å². The third-order valence-corrected chi connectivity index (χ3v) is 17.7. The maximum atomic E-state index is 2.32. The van der Waals surface area contributed by atoms with Crippen LogP contribution in [0.3, 0.4) is 0 Å². The number of hydrogen-bond acceptors (Lipinski definition) is 0. The summed E-state index contributed by atoms with van der Waals surface area (Å²) in [5.74, 6) is 0. The van der Waals surface area contributed by atoms with Gasteiger partial charge in [-0.1, -0.05) is 0 Å². The molecular weight excluding hydrogens is 567 g/mol. The van der Waals surface area contributed by atoms with E-state index in [0.717, 1.165) is 0 Å². The molecule has 2 heteroatoms. The fraction of sp³-hybridized carbons (Fsp3) is 1.00. The van der Waals surface area contributed by atoms with Gasteiger partial charge in [0.15, 0.2) is 0 Å². The summed E-state index contributed by atoms with van der Waals surface area (Å²) in [5, 5.41) is 0. The van der Waals surface area contributed by atoms with Crippen molar-refractivity contribution < 1.29 is 5.48 Å². The second-order valence-electron chi connectivity index (χ2n) is 12.5. The van der Waals surface area contributed by atoms with Crippen molar-refractivity contribution in [2.45, 2.75) is 227 Å². The van der Waals surface area contributed by atoms with Crippen LogP contribution < -0.4 is 0 Å². The van der Waals surface area contributed by atoms with Crippen molar-refractivity contribution in [2.24, 2.45) is 0 Å². The first-order valence-electron chi connectivity index (χ1n) is 18.2. The van der Waals surface area contributed by atoms with Crippen molar-refractivity contribution >= 4 is 19.8 Å². The Balaban J connectivity index is 0. The topological polar surface area (TPSA) is 31.5 Å². The smallest absolute Gasteiger partial charge is 0.412 e. The van der Waals surface area contributed by atoms with Gasteiger partial charge in [-0.3, -0.25) is 0 Å². The Morgan fingerprint density at radius 2 is 0.395 bits per heavy atom. The maximum absolute atomic E-state index is 2.32. The summed E-state index contributed by atoms with van der Waals surface area (Å²) < 4.78 is 5.19. The molecule has 0 rings (SSSR count). The third kappa shape index (κ3) is 34.8. The minimum Gasteiger partial charge on any atom is -0.412 e. The summed E-state index contributed by atoms with van der Waals surface area (Å²) in [6.07, 6.45) is 45.0. The number of unbranched alkanes of at least 4 members (excludes halogenated alkanes) is 27. The molecule has 0 saturated carbocycles. The molecule has 0 spiro atoms. The van der Waals surface area contributed by atoms with Gasteiger partial charge in [-0.2, -0.15) is 0 Å². The SMILES string of the molecule is CCCCCCCCCCC[CH2][Sn]([CH2]CCCCCCCCCCC)[CH2]CCCCCCCCCCC.O. The predicted octanol–water partition coefficient (Wildman–Crippen LogP) is 13.4. The molecule has 2 N–H and O–H groups in total. The zero-order chi connectivity index (χ0) is 26.9. The van der Waals surface area contributed by atoms with E-state index in [-0.39, 0.29) is 5.48 Å². The fourth-order valence-corrected chi connectivity index (χ4v) is 14.5. The standard InChI is InChI=1S/3C12H25.H2O.Sn/c3*1-3-5-7-9-11-12-10-8-6-4-2;;/h3*1,3-12H2,2H3;1H2;. The molecule has 0 aromatic heterocycles. The van der Waals surface area contributed by atoms with Crippen molar-refractivity contribution in [3.63, 3.8) is 0 Å². The monoisotopic (exact) mass is 645 g/mol. The van der Waals surface area contributed by atoms with Crippen LogP contribution in [0.5, 0.6) is 0 Å². The number of hydrogen-bond donors (Lipinski definition) is 0. The molecule has 0 atom stereocenters. The first kappa shape index (κ1) is 40.9. The number of rotatable bonds is 33. The van der Waals surface area contributed by atoms with Crippen LogP contribution in [0, 0.1) is 0 Å². The van der Waals surface area contributed by atoms with Gasteiger partial charge in [-0.25, -0.2) is 0 Å². The molecule has 0 amide bonds. The Labute approximate surface area is 250 Å². The van der Waals surface area contributed by atoms with Crippen LogP contribution in [0.1, 0.15) is 213 Å². The summed E-state index contributed by atoms with van der Waals surface area (Å²) in [4.78, 5) is 0. The van der Waals surface area contributed by atoms with Crippen LogP contribution in [-0.4, -0.2) is 25.2 Å². The van der Waals surface area contributed by atoms with E-state index < -0.39 is 19.8 Å². The molecule has 231 valence electrons. The molecule has 0 aliphatic rings. The molecule has 0 aliphatic carbocycles. The van der Waals surface area contributed by atoms with Crippen LogP contribution in [0.2, 0.25) is 13.3 Å². The Morgan fingerprint density at radius 1 is 0.237 bits per heavy atom. The van der Waals surface area contributed by atoms with E-state index in [2.05, 4.69) is 20.8 Å².